The summed E-state index contributed by atoms with van der Waals surface area (Å²) < 4.78 is 0. The summed E-state index contributed by atoms with van der Waals surface area (Å²) in [5, 5.41) is 0. The van der Waals surface area contributed by atoms with Gasteiger partial charge in [-0.25, -0.2) is 9.97 Å². The van der Waals surface area contributed by atoms with E-state index in [-0.39, 0.29) is 0 Å². The van der Waals surface area contributed by atoms with Crippen molar-refractivity contribution in [3.05, 3.63) is 17.7 Å². The molecular weight excluding hydrogens is 234 g/mol. The van der Waals surface area contributed by atoms with Gasteiger partial charge in [0.25, 0.3) is 0 Å². The first kappa shape index (κ1) is 12.6. The Morgan fingerprint density at radius 1 is 1.47 bits per heavy atom. The van der Waals surface area contributed by atoms with Gasteiger partial charge in [0, 0.05) is 19.5 Å². The monoisotopic (exact) mass is 253 g/mol. The second-order valence-corrected chi connectivity index (χ2v) is 5.44. The Morgan fingerprint density at radius 3 is 2.71 bits per heavy atom. The maximum Gasteiger partial charge on any atom is 0.131 e. The molecule has 2 rings (SSSR count). The van der Waals surface area contributed by atoms with Gasteiger partial charge >= 0.3 is 0 Å². The Kier molecular flexibility index (Phi) is 3.87. The summed E-state index contributed by atoms with van der Waals surface area (Å²) >= 11 is 5.99. The van der Waals surface area contributed by atoms with E-state index < -0.39 is 0 Å². The third-order valence-electron chi connectivity index (χ3n) is 3.15. The van der Waals surface area contributed by atoms with Crippen LogP contribution >= 0.6 is 11.6 Å². The van der Waals surface area contributed by atoms with Crippen LogP contribution in [0.5, 0.6) is 0 Å². The standard InChI is InChI=1S/C13H20ClN3/c1-9(2)13-15-7-12(11(6-14)16-13)17(3)8-10-4-5-10/h7,9-10H,4-6,8H2,1-3H3. The van der Waals surface area contributed by atoms with Crippen molar-refractivity contribution in [1.29, 1.82) is 0 Å². The highest BCUT2D eigenvalue weighted by Gasteiger charge is 2.24. The molecule has 0 unspecified atom stereocenters. The van der Waals surface area contributed by atoms with Crippen LogP contribution in [0.15, 0.2) is 6.20 Å². The van der Waals surface area contributed by atoms with Crippen molar-refractivity contribution >= 4 is 17.3 Å². The fourth-order valence-electron chi connectivity index (χ4n) is 1.91. The zero-order valence-corrected chi connectivity index (χ0v) is 11.5. The molecule has 1 heterocycles. The van der Waals surface area contributed by atoms with Crippen LogP contribution in [0.25, 0.3) is 0 Å². The third-order valence-corrected chi connectivity index (χ3v) is 3.40. The van der Waals surface area contributed by atoms with E-state index >= 15 is 0 Å². The number of halogens is 1. The van der Waals surface area contributed by atoms with Crippen LogP contribution in [0.1, 0.15) is 44.1 Å². The summed E-state index contributed by atoms with van der Waals surface area (Å²) in [5.41, 5.74) is 2.03. The van der Waals surface area contributed by atoms with Gasteiger partial charge in [0.1, 0.15) is 5.82 Å². The molecule has 0 radical (unpaired) electrons. The molecule has 1 saturated carbocycles. The predicted molar refractivity (Wildman–Crippen MR) is 71.7 cm³/mol. The molecule has 17 heavy (non-hydrogen) atoms. The molecule has 0 atom stereocenters. The maximum absolute atomic E-state index is 5.99. The van der Waals surface area contributed by atoms with Crippen molar-refractivity contribution in [3.63, 3.8) is 0 Å². The van der Waals surface area contributed by atoms with Crippen LogP contribution < -0.4 is 4.90 Å². The van der Waals surface area contributed by atoms with Crippen molar-refractivity contribution in [2.24, 2.45) is 5.92 Å². The first-order valence-electron chi connectivity index (χ1n) is 6.24. The molecule has 4 heteroatoms. The Bertz CT molecular complexity index is 388. The van der Waals surface area contributed by atoms with E-state index in [4.69, 9.17) is 11.6 Å². The van der Waals surface area contributed by atoms with Crippen LogP contribution in [0.3, 0.4) is 0 Å². The van der Waals surface area contributed by atoms with Crippen LogP contribution in [0, 0.1) is 5.92 Å². The average molecular weight is 254 g/mol. The number of hydrogen-bond acceptors (Lipinski definition) is 3. The van der Waals surface area contributed by atoms with Crippen LogP contribution in [-0.2, 0) is 5.88 Å². The molecule has 0 amide bonds. The summed E-state index contributed by atoms with van der Waals surface area (Å²) in [5.74, 6) is 2.53. The zero-order chi connectivity index (χ0) is 12.4. The fraction of sp³-hybridized carbons (Fsp3) is 0.692. The average Bonchev–Trinajstić information content (AvgIpc) is 3.11. The summed E-state index contributed by atoms with van der Waals surface area (Å²) in [4.78, 5) is 11.2. The summed E-state index contributed by atoms with van der Waals surface area (Å²) in [6.07, 6.45) is 4.62. The lowest BCUT2D eigenvalue weighted by Crippen LogP contribution is -2.22. The molecule has 0 spiro atoms. The highest BCUT2D eigenvalue weighted by atomic mass is 35.5. The minimum absolute atomic E-state index is 0.347. The third kappa shape index (κ3) is 3.09. The van der Waals surface area contributed by atoms with Crippen LogP contribution in [0.2, 0.25) is 0 Å². The number of rotatable bonds is 5. The number of aromatic nitrogens is 2. The quantitative estimate of drug-likeness (QED) is 0.755. The molecule has 0 N–H and O–H groups in total. The first-order chi connectivity index (χ1) is 8.11. The molecule has 1 aromatic heterocycles. The van der Waals surface area contributed by atoms with Crippen LogP contribution in [0.4, 0.5) is 5.69 Å². The number of anilines is 1. The molecule has 0 bridgehead atoms. The SMILES string of the molecule is CC(C)c1ncc(N(C)CC2CC2)c(CCl)n1. The lowest BCUT2D eigenvalue weighted by Gasteiger charge is -2.21. The molecule has 1 aliphatic carbocycles. The topological polar surface area (TPSA) is 29.0 Å². The van der Waals surface area contributed by atoms with E-state index in [2.05, 4.69) is 35.8 Å². The van der Waals surface area contributed by atoms with E-state index in [1.165, 1.54) is 12.8 Å². The molecule has 94 valence electrons. The molecule has 0 saturated heterocycles. The Morgan fingerprint density at radius 2 is 2.18 bits per heavy atom. The van der Waals surface area contributed by atoms with Gasteiger partial charge < -0.3 is 4.90 Å². The first-order valence-corrected chi connectivity index (χ1v) is 6.78. The summed E-state index contributed by atoms with van der Waals surface area (Å²) in [6, 6.07) is 0. The van der Waals surface area contributed by atoms with E-state index in [0.717, 1.165) is 29.7 Å². The molecule has 1 aromatic rings. The normalized spacial score (nSPS) is 15.4. The van der Waals surface area contributed by atoms with Gasteiger partial charge in [-0.1, -0.05) is 13.8 Å². The Balaban J connectivity index is 2.19. The van der Waals surface area contributed by atoms with E-state index in [0.29, 0.717) is 11.8 Å². The van der Waals surface area contributed by atoms with Gasteiger partial charge in [0.15, 0.2) is 0 Å². The molecule has 0 aromatic carbocycles. The highest BCUT2D eigenvalue weighted by Crippen LogP contribution is 2.31. The summed E-state index contributed by atoms with van der Waals surface area (Å²) in [7, 11) is 2.10. The van der Waals surface area contributed by atoms with Gasteiger partial charge in [-0.15, -0.1) is 11.6 Å². The predicted octanol–water partition coefficient (Wildman–Crippen LogP) is 3.19. The van der Waals surface area contributed by atoms with Crippen molar-refractivity contribution < 1.29 is 0 Å². The van der Waals surface area contributed by atoms with E-state index in [9.17, 15) is 0 Å². The highest BCUT2D eigenvalue weighted by molar-refractivity contribution is 6.17. The van der Waals surface area contributed by atoms with Crippen molar-refractivity contribution in [2.45, 2.75) is 38.5 Å². The minimum Gasteiger partial charge on any atom is -0.372 e. The molecule has 1 fully saturated rings. The lowest BCUT2D eigenvalue weighted by atomic mass is 10.2. The zero-order valence-electron chi connectivity index (χ0n) is 10.8. The van der Waals surface area contributed by atoms with E-state index in [1.54, 1.807) is 0 Å². The van der Waals surface area contributed by atoms with Gasteiger partial charge in [0.2, 0.25) is 0 Å². The summed E-state index contributed by atoms with van der Waals surface area (Å²) in [6.45, 7) is 5.29. The van der Waals surface area contributed by atoms with Crippen molar-refractivity contribution in [1.82, 2.24) is 9.97 Å². The number of hydrogen-bond donors (Lipinski definition) is 0. The van der Waals surface area contributed by atoms with Crippen LogP contribution in [-0.4, -0.2) is 23.6 Å². The Labute approximate surface area is 108 Å². The van der Waals surface area contributed by atoms with Crippen molar-refractivity contribution in [2.75, 3.05) is 18.5 Å². The fourth-order valence-corrected chi connectivity index (χ4v) is 2.10. The van der Waals surface area contributed by atoms with E-state index in [1.807, 2.05) is 6.20 Å². The maximum atomic E-state index is 5.99. The molecule has 0 aliphatic heterocycles. The second kappa shape index (κ2) is 5.21. The smallest absolute Gasteiger partial charge is 0.131 e. The van der Waals surface area contributed by atoms with Gasteiger partial charge in [-0.3, -0.25) is 0 Å². The molecular formula is C13H20ClN3. The second-order valence-electron chi connectivity index (χ2n) is 5.17. The van der Waals surface area contributed by atoms with Crippen molar-refractivity contribution in [3.8, 4) is 0 Å². The number of nitrogens with zero attached hydrogens (tertiary/aromatic N) is 3. The largest absolute Gasteiger partial charge is 0.372 e. The number of alkyl halides is 1. The van der Waals surface area contributed by atoms with Gasteiger partial charge in [0.05, 0.1) is 23.5 Å². The lowest BCUT2D eigenvalue weighted by molar-refractivity contribution is 0.745. The van der Waals surface area contributed by atoms with Gasteiger partial charge in [-0.05, 0) is 18.8 Å². The molecule has 3 nitrogen and oxygen atoms in total. The Hall–Kier alpha value is -0.830. The molecule has 1 aliphatic rings. The minimum atomic E-state index is 0.347. The van der Waals surface area contributed by atoms with Gasteiger partial charge in [-0.2, -0.15) is 0 Å².